The van der Waals surface area contributed by atoms with Crippen LogP contribution in [0.1, 0.15) is 41.5 Å². The third-order valence-electron chi connectivity index (χ3n) is 3.95. The van der Waals surface area contributed by atoms with Crippen LogP contribution < -0.4 is 0 Å². The summed E-state index contributed by atoms with van der Waals surface area (Å²) >= 11 is 6.09. The van der Waals surface area contributed by atoms with Gasteiger partial charge in [0.15, 0.2) is 5.78 Å². The molecule has 0 atom stereocenters. The fourth-order valence-electron chi connectivity index (χ4n) is 2.53. The summed E-state index contributed by atoms with van der Waals surface area (Å²) in [5.41, 5.74) is 2.60. The van der Waals surface area contributed by atoms with Crippen molar-refractivity contribution < 1.29 is 4.79 Å². The predicted octanol–water partition coefficient (Wildman–Crippen LogP) is 6.84. The highest BCUT2D eigenvalue weighted by Gasteiger charge is 2.33. The molecule has 1 aliphatic carbocycles. The second kappa shape index (κ2) is 7.09. The number of benzene rings is 1. The molecule has 0 aliphatic heterocycles. The molecule has 3 nitrogen and oxygen atoms in total. The smallest absolute Gasteiger partial charge is 0.186 e. The number of ketones is 1. The molecule has 0 bridgehead atoms. The second-order valence-corrected chi connectivity index (χ2v) is 8.65. The minimum absolute atomic E-state index is 0.111. The summed E-state index contributed by atoms with van der Waals surface area (Å²) in [4.78, 5) is 12.9. The summed E-state index contributed by atoms with van der Waals surface area (Å²) in [5.74, 6) is 0.111. The zero-order valence-electron chi connectivity index (χ0n) is 15.7. The molecule has 25 heavy (non-hydrogen) atoms. The van der Waals surface area contributed by atoms with Gasteiger partial charge in [-0.05, 0) is 40.7 Å². The van der Waals surface area contributed by atoms with Crippen molar-refractivity contribution >= 4 is 23.1 Å². The van der Waals surface area contributed by atoms with E-state index in [0.717, 1.165) is 16.7 Å². The van der Waals surface area contributed by atoms with Gasteiger partial charge in [0, 0.05) is 11.1 Å². The highest BCUT2D eigenvalue weighted by molar-refractivity contribution is 6.32. The number of hydrogen-bond donors (Lipinski definition) is 0. The van der Waals surface area contributed by atoms with E-state index in [9.17, 15) is 4.79 Å². The summed E-state index contributed by atoms with van der Waals surface area (Å²) in [5, 5.41) is 8.88. The third kappa shape index (κ3) is 4.76. The first-order valence-corrected chi connectivity index (χ1v) is 8.72. The SMILES string of the molecule is CC(C)(C)C1=CC(=CN=Nc2ccccc2Cl)C=C(C(C)(C)C)C1=O. The molecular weight excluding hydrogens is 332 g/mol. The van der Waals surface area contributed by atoms with Crippen molar-refractivity contribution in [3.05, 3.63) is 64.4 Å². The third-order valence-corrected chi connectivity index (χ3v) is 4.27. The van der Waals surface area contributed by atoms with Crippen LogP contribution in [0.2, 0.25) is 5.02 Å². The highest BCUT2D eigenvalue weighted by Crippen LogP contribution is 2.38. The Hall–Kier alpha value is -2.00. The van der Waals surface area contributed by atoms with Crippen LogP contribution in [0.5, 0.6) is 0 Å². The fourth-order valence-corrected chi connectivity index (χ4v) is 2.70. The number of rotatable bonds is 2. The quantitative estimate of drug-likeness (QED) is 0.535. The molecule has 2 rings (SSSR count). The molecule has 0 amide bonds. The van der Waals surface area contributed by atoms with Gasteiger partial charge in [-0.3, -0.25) is 4.79 Å². The van der Waals surface area contributed by atoms with Crippen molar-refractivity contribution in [3.63, 3.8) is 0 Å². The van der Waals surface area contributed by atoms with Gasteiger partial charge in [-0.15, -0.1) is 5.11 Å². The van der Waals surface area contributed by atoms with E-state index in [0.29, 0.717) is 10.7 Å². The van der Waals surface area contributed by atoms with Gasteiger partial charge in [-0.25, -0.2) is 0 Å². The number of allylic oxidation sites excluding steroid dienone is 5. The lowest BCUT2D eigenvalue weighted by Gasteiger charge is -2.31. The molecule has 0 spiro atoms. The largest absolute Gasteiger partial charge is 0.289 e. The molecule has 4 heteroatoms. The van der Waals surface area contributed by atoms with Crippen LogP contribution in [0.3, 0.4) is 0 Å². The Balaban J connectivity index is 2.43. The van der Waals surface area contributed by atoms with Crippen molar-refractivity contribution in [2.24, 2.45) is 21.1 Å². The minimum atomic E-state index is -0.235. The minimum Gasteiger partial charge on any atom is -0.289 e. The Morgan fingerprint density at radius 3 is 1.92 bits per heavy atom. The lowest BCUT2D eigenvalue weighted by atomic mass is 9.72. The molecule has 1 aromatic carbocycles. The number of carbonyl (C=O) groups excluding carboxylic acids is 1. The Kier molecular flexibility index (Phi) is 5.48. The maximum atomic E-state index is 12.9. The molecule has 132 valence electrons. The van der Waals surface area contributed by atoms with Crippen LogP contribution in [0, 0.1) is 10.8 Å². The van der Waals surface area contributed by atoms with Gasteiger partial charge in [-0.1, -0.05) is 65.3 Å². The van der Waals surface area contributed by atoms with E-state index in [1.807, 2.05) is 71.9 Å². The molecule has 0 aromatic heterocycles. The molecule has 1 aliphatic rings. The van der Waals surface area contributed by atoms with Gasteiger partial charge in [-0.2, -0.15) is 5.11 Å². The zero-order valence-corrected chi connectivity index (χ0v) is 16.5. The monoisotopic (exact) mass is 356 g/mol. The van der Waals surface area contributed by atoms with E-state index in [2.05, 4.69) is 10.2 Å². The average molecular weight is 357 g/mol. The number of nitrogens with zero attached hydrogens (tertiary/aromatic N) is 2. The molecule has 0 unspecified atom stereocenters. The first kappa shape index (κ1) is 19.3. The summed E-state index contributed by atoms with van der Waals surface area (Å²) in [6.45, 7) is 12.3. The van der Waals surface area contributed by atoms with E-state index >= 15 is 0 Å². The summed E-state index contributed by atoms with van der Waals surface area (Å²) in [7, 11) is 0. The van der Waals surface area contributed by atoms with E-state index < -0.39 is 0 Å². The van der Waals surface area contributed by atoms with Gasteiger partial charge in [0.25, 0.3) is 0 Å². The summed E-state index contributed by atoms with van der Waals surface area (Å²) in [6.07, 6.45) is 5.49. The maximum Gasteiger partial charge on any atom is 0.186 e. The Labute approximate surface area is 155 Å². The highest BCUT2D eigenvalue weighted by atomic mass is 35.5. The first-order valence-electron chi connectivity index (χ1n) is 8.35. The van der Waals surface area contributed by atoms with Crippen molar-refractivity contribution in [3.8, 4) is 0 Å². The lowest BCUT2D eigenvalue weighted by Crippen LogP contribution is -2.27. The summed E-state index contributed by atoms with van der Waals surface area (Å²) in [6, 6.07) is 7.30. The van der Waals surface area contributed by atoms with Crippen LogP contribution in [-0.4, -0.2) is 5.78 Å². The number of halogens is 1. The van der Waals surface area contributed by atoms with E-state index in [4.69, 9.17) is 11.6 Å². The topological polar surface area (TPSA) is 41.8 Å². The van der Waals surface area contributed by atoms with Gasteiger partial charge in [0.1, 0.15) is 5.69 Å². The van der Waals surface area contributed by atoms with Crippen LogP contribution in [0.4, 0.5) is 5.69 Å². The van der Waals surface area contributed by atoms with Gasteiger partial charge >= 0.3 is 0 Å². The zero-order chi connectivity index (χ0) is 18.8. The maximum absolute atomic E-state index is 12.9. The van der Waals surface area contributed by atoms with Crippen molar-refractivity contribution in [2.75, 3.05) is 0 Å². The predicted molar refractivity (Wildman–Crippen MR) is 104 cm³/mol. The number of hydrogen-bond acceptors (Lipinski definition) is 3. The van der Waals surface area contributed by atoms with Gasteiger partial charge in [0.05, 0.1) is 11.2 Å². The van der Waals surface area contributed by atoms with E-state index in [1.165, 1.54) is 0 Å². The van der Waals surface area contributed by atoms with Crippen molar-refractivity contribution in [1.29, 1.82) is 0 Å². The standard InChI is InChI=1S/C21H25ClN2O/c1-20(2,3)15-11-14(12-16(19(15)25)21(4,5)6)13-23-24-18-10-8-7-9-17(18)22/h7-13H,1-6H3. The molecule has 0 saturated carbocycles. The lowest BCUT2D eigenvalue weighted by molar-refractivity contribution is -0.114. The van der Waals surface area contributed by atoms with Crippen LogP contribution >= 0.6 is 11.6 Å². The summed E-state index contributed by atoms with van der Waals surface area (Å²) < 4.78 is 0. The second-order valence-electron chi connectivity index (χ2n) is 8.24. The number of carbonyl (C=O) groups is 1. The van der Waals surface area contributed by atoms with Crippen LogP contribution in [-0.2, 0) is 4.79 Å². The Morgan fingerprint density at radius 2 is 1.44 bits per heavy atom. The Bertz CT molecular complexity index is 764. The Morgan fingerprint density at radius 1 is 0.920 bits per heavy atom. The molecule has 1 aromatic rings. The van der Waals surface area contributed by atoms with E-state index in [1.54, 1.807) is 12.3 Å². The van der Waals surface area contributed by atoms with Crippen molar-refractivity contribution in [2.45, 2.75) is 41.5 Å². The van der Waals surface area contributed by atoms with Gasteiger partial charge < -0.3 is 0 Å². The molecular formula is C21H25ClN2O. The normalized spacial score (nSPS) is 16.1. The molecule has 0 fully saturated rings. The fraction of sp³-hybridized carbons (Fsp3) is 0.381. The van der Waals surface area contributed by atoms with Gasteiger partial charge in [0.2, 0.25) is 0 Å². The first-order chi connectivity index (χ1) is 11.5. The van der Waals surface area contributed by atoms with Crippen LogP contribution in [0.15, 0.2) is 69.6 Å². The average Bonchev–Trinajstić information content (AvgIpc) is 2.48. The molecule has 0 saturated heterocycles. The van der Waals surface area contributed by atoms with Crippen LogP contribution in [0.25, 0.3) is 0 Å². The molecule has 0 radical (unpaired) electrons. The van der Waals surface area contributed by atoms with E-state index in [-0.39, 0.29) is 16.6 Å². The number of Topliss-reactive ketones (excluding diaryl/α,β-unsaturated/α-hetero) is 1. The van der Waals surface area contributed by atoms with Crippen molar-refractivity contribution in [1.82, 2.24) is 0 Å². The molecule has 0 heterocycles. The number of azo groups is 1. The molecule has 0 N–H and O–H groups in total.